The highest BCUT2D eigenvalue weighted by Gasteiger charge is 2.62. The minimum atomic E-state index is -0.473. The van der Waals surface area contributed by atoms with Crippen LogP contribution in [-0.2, 0) is 16.1 Å². The second-order valence-corrected chi connectivity index (χ2v) is 8.52. The molecule has 32 heavy (non-hydrogen) atoms. The summed E-state index contributed by atoms with van der Waals surface area (Å²) >= 11 is 5.87. The van der Waals surface area contributed by atoms with Crippen molar-refractivity contribution in [2.45, 2.75) is 26.4 Å². The number of hydrogen-bond acceptors (Lipinski definition) is 6. The van der Waals surface area contributed by atoms with Gasteiger partial charge in [0.1, 0.15) is 23.2 Å². The lowest BCUT2D eigenvalue weighted by Gasteiger charge is -2.27. The fourth-order valence-electron chi connectivity index (χ4n) is 4.11. The van der Waals surface area contributed by atoms with E-state index in [0.717, 1.165) is 0 Å². The molecule has 7 nitrogen and oxygen atoms in total. The molecule has 1 amide bonds. The first-order valence-electron chi connectivity index (χ1n) is 10.3. The molecule has 0 saturated heterocycles. The van der Waals surface area contributed by atoms with E-state index in [-0.39, 0.29) is 36.8 Å². The monoisotopic (exact) mass is 458 g/mol. The summed E-state index contributed by atoms with van der Waals surface area (Å²) in [4.78, 5) is 25.8. The topological polar surface area (TPSA) is 86.2 Å². The number of aryl methyl sites for hydroxylation is 1. The molecule has 0 spiro atoms. The smallest absolute Gasteiger partial charge is 0.229 e. The molecule has 0 aliphatic heterocycles. The molecule has 9 heteroatoms. The summed E-state index contributed by atoms with van der Waals surface area (Å²) in [5.41, 5.74) is 0.173. The molecule has 0 aromatic carbocycles. The minimum Gasteiger partial charge on any atom is -0.489 e. The third kappa shape index (κ3) is 4.81. The lowest BCUT2D eigenvalue weighted by molar-refractivity contribution is -0.118. The van der Waals surface area contributed by atoms with Crippen LogP contribution in [-0.4, -0.2) is 34.6 Å². The van der Waals surface area contributed by atoms with Crippen LogP contribution >= 0.6 is 11.6 Å². The molecule has 2 aromatic heterocycles. The normalized spacial score (nSPS) is 24.1. The van der Waals surface area contributed by atoms with Gasteiger partial charge in [0.15, 0.2) is 5.75 Å². The van der Waals surface area contributed by atoms with E-state index in [2.05, 4.69) is 20.3 Å². The molecule has 0 radical (unpaired) electrons. The summed E-state index contributed by atoms with van der Waals surface area (Å²) in [6, 6.07) is 3.32. The van der Waals surface area contributed by atoms with Crippen LogP contribution < -0.4 is 10.1 Å². The molecular formula is C23H24ClFN4O3. The number of carbonyl (C=O) groups excluding carboxylic acids is 1. The average molecular weight is 459 g/mol. The van der Waals surface area contributed by atoms with Crippen molar-refractivity contribution in [1.82, 2.24) is 15.0 Å². The molecule has 2 aliphatic rings. The van der Waals surface area contributed by atoms with Gasteiger partial charge in [-0.15, -0.1) is 0 Å². The highest BCUT2D eigenvalue weighted by molar-refractivity contribution is 6.30. The Bertz CT molecular complexity index is 1060. The maximum absolute atomic E-state index is 13.6. The second kappa shape index (κ2) is 9.34. The number of rotatable bonds is 8. The highest BCUT2D eigenvalue weighted by Crippen LogP contribution is 2.60. The number of aromatic nitrogens is 3. The number of pyridine rings is 1. The van der Waals surface area contributed by atoms with Crippen molar-refractivity contribution < 1.29 is 18.7 Å². The van der Waals surface area contributed by atoms with Crippen LogP contribution in [0, 0.1) is 24.2 Å². The molecule has 4 rings (SSSR count). The quantitative estimate of drug-likeness (QED) is 0.629. The number of ether oxygens (including phenoxy) is 2. The maximum Gasteiger partial charge on any atom is 0.229 e. The van der Waals surface area contributed by atoms with Crippen LogP contribution in [0.4, 0.5) is 10.2 Å². The Kier molecular flexibility index (Phi) is 6.53. The number of allylic oxidation sites excluding steroid dienone is 4. The zero-order valence-corrected chi connectivity index (χ0v) is 18.6. The molecule has 2 aromatic rings. The predicted molar refractivity (Wildman–Crippen MR) is 118 cm³/mol. The van der Waals surface area contributed by atoms with Crippen LogP contribution in [0.15, 0.2) is 48.6 Å². The number of amides is 1. The molecule has 1 saturated carbocycles. The first-order valence-corrected chi connectivity index (χ1v) is 10.7. The van der Waals surface area contributed by atoms with Gasteiger partial charge in [-0.05, 0) is 50.0 Å². The van der Waals surface area contributed by atoms with Crippen LogP contribution in [0.2, 0.25) is 5.02 Å². The van der Waals surface area contributed by atoms with Gasteiger partial charge in [0.05, 0.1) is 24.4 Å². The number of anilines is 1. The SMILES string of the molecule is COCc1nc(C)ncc1OC[C@@]1(C2C=CC(F)=CC2)C[C@H]1C(=O)Nc1ccc(Cl)cn1. The van der Waals surface area contributed by atoms with Crippen molar-refractivity contribution in [3.63, 3.8) is 0 Å². The maximum atomic E-state index is 13.6. The van der Waals surface area contributed by atoms with Crippen molar-refractivity contribution >= 4 is 23.3 Å². The molecule has 168 valence electrons. The summed E-state index contributed by atoms with van der Waals surface area (Å²) < 4.78 is 24.9. The van der Waals surface area contributed by atoms with E-state index in [0.29, 0.717) is 40.9 Å². The largest absolute Gasteiger partial charge is 0.489 e. The fraction of sp³-hybridized carbons (Fsp3) is 0.391. The Morgan fingerprint density at radius 3 is 2.88 bits per heavy atom. The van der Waals surface area contributed by atoms with Crippen molar-refractivity contribution in [3.05, 3.63) is 65.1 Å². The van der Waals surface area contributed by atoms with Crippen molar-refractivity contribution in [2.24, 2.45) is 17.3 Å². The van der Waals surface area contributed by atoms with E-state index < -0.39 is 5.41 Å². The number of hydrogen-bond donors (Lipinski definition) is 1. The van der Waals surface area contributed by atoms with Crippen LogP contribution in [0.1, 0.15) is 24.4 Å². The van der Waals surface area contributed by atoms with Gasteiger partial charge in [0.2, 0.25) is 5.91 Å². The van der Waals surface area contributed by atoms with Crippen molar-refractivity contribution in [3.8, 4) is 5.75 Å². The van der Waals surface area contributed by atoms with Crippen molar-refractivity contribution in [1.29, 1.82) is 0 Å². The van der Waals surface area contributed by atoms with Crippen LogP contribution in [0.3, 0.4) is 0 Å². The van der Waals surface area contributed by atoms with Crippen LogP contribution in [0.5, 0.6) is 5.75 Å². The Morgan fingerprint density at radius 2 is 2.19 bits per heavy atom. The predicted octanol–water partition coefficient (Wildman–Crippen LogP) is 4.43. The van der Waals surface area contributed by atoms with Gasteiger partial charge in [0, 0.05) is 24.6 Å². The van der Waals surface area contributed by atoms with E-state index in [1.807, 2.05) is 6.08 Å². The number of carbonyl (C=O) groups is 1. The van der Waals surface area contributed by atoms with Crippen molar-refractivity contribution in [2.75, 3.05) is 19.0 Å². The van der Waals surface area contributed by atoms with Gasteiger partial charge in [-0.2, -0.15) is 0 Å². The molecule has 0 bridgehead atoms. The number of halogens is 2. The number of methoxy groups -OCH3 is 1. The third-order valence-electron chi connectivity index (χ3n) is 5.93. The van der Waals surface area contributed by atoms with Gasteiger partial charge in [-0.3, -0.25) is 4.79 Å². The molecule has 3 atom stereocenters. The zero-order chi connectivity index (χ0) is 22.7. The molecule has 2 heterocycles. The first kappa shape index (κ1) is 22.4. The average Bonchev–Trinajstić information content (AvgIpc) is 3.51. The van der Waals surface area contributed by atoms with Gasteiger partial charge in [0.25, 0.3) is 0 Å². The number of nitrogens with zero attached hydrogens (tertiary/aromatic N) is 3. The Morgan fingerprint density at radius 1 is 1.34 bits per heavy atom. The fourth-order valence-corrected chi connectivity index (χ4v) is 4.23. The Balaban J connectivity index is 1.52. The van der Waals surface area contributed by atoms with Gasteiger partial charge < -0.3 is 14.8 Å². The van der Waals surface area contributed by atoms with E-state index >= 15 is 0 Å². The second-order valence-electron chi connectivity index (χ2n) is 8.08. The van der Waals surface area contributed by atoms with Gasteiger partial charge >= 0.3 is 0 Å². The van der Waals surface area contributed by atoms with E-state index in [1.54, 1.807) is 38.4 Å². The molecule has 1 N–H and O–H groups in total. The lowest BCUT2D eigenvalue weighted by atomic mass is 9.82. The molecule has 1 fully saturated rings. The summed E-state index contributed by atoms with van der Waals surface area (Å²) in [5, 5.41) is 3.34. The third-order valence-corrected chi connectivity index (χ3v) is 6.16. The summed E-state index contributed by atoms with van der Waals surface area (Å²) in [6.45, 7) is 2.35. The highest BCUT2D eigenvalue weighted by atomic mass is 35.5. The number of nitrogens with one attached hydrogen (secondary N) is 1. The first-order chi connectivity index (χ1) is 15.4. The van der Waals surface area contributed by atoms with E-state index in [9.17, 15) is 9.18 Å². The molecular weight excluding hydrogens is 435 g/mol. The van der Waals surface area contributed by atoms with E-state index in [4.69, 9.17) is 21.1 Å². The Labute approximate surface area is 190 Å². The van der Waals surface area contributed by atoms with Crippen LogP contribution in [0.25, 0.3) is 0 Å². The zero-order valence-electron chi connectivity index (χ0n) is 17.8. The summed E-state index contributed by atoms with van der Waals surface area (Å²) in [5.74, 6) is 0.816. The van der Waals surface area contributed by atoms with E-state index in [1.165, 1.54) is 12.3 Å². The molecule has 2 aliphatic carbocycles. The van der Waals surface area contributed by atoms with Gasteiger partial charge in [-0.1, -0.05) is 17.7 Å². The Hall–Kier alpha value is -2.84. The minimum absolute atomic E-state index is 0.0341. The summed E-state index contributed by atoms with van der Waals surface area (Å²) in [6.07, 6.45) is 9.05. The standard InChI is InChI=1S/C23H24ClFN4O3/c1-14-26-11-20(19(28-14)12-31-2)32-13-23(15-3-6-17(25)7-4-15)9-18(23)22(30)29-21-8-5-16(24)10-27-21/h3,5-8,10-11,15,18H,4,9,12-13H2,1-2H3,(H,27,29,30)/t15?,18-,23+/m0/s1. The van der Waals surface area contributed by atoms with Gasteiger partial charge in [-0.25, -0.2) is 19.3 Å². The summed E-state index contributed by atoms with van der Waals surface area (Å²) in [7, 11) is 1.59. The lowest BCUT2D eigenvalue weighted by Crippen LogP contribution is -2.30. The molecule has 1 unspecified atom stereocenters.